The first-order valence-electron chi connectivity index (χ1n) is 11.8. The van der Waals surface area contributed by atoms with E-state index >= 15 is 0 Å². The van der Waals surface area contributed by atoms with Crippen LogP contribution in [-0.2, 0) is 9.59 Å². The van der Waals surface area contributed by atoms with E-state index in [-0.39, 0.29) is 30.0 Å². The molecular weight excluding hydrogens is 453 g/mol. The number of ether oxygens (including phenoxy) is 1. The Morgan fingerprint density at radius 3 is 2.74 bits per heavy atom. The molecule has 1 atom stereocenters. The molecular formula is C25H30FN5O4. The Balaban J connectivity index is 1.45. The Bertz CT molecular complexity index is 1110. The molecule has 0 bridgehead atoms. The van der Waals surface area contributed by atoms with Crippen LogP contribution < -0.4 is 15.0 Å². The molecule has 1 aromatic heterocycles. The molecule has 10 heteroatoms. The molecule has 2 saturated heterocycles. The second kappa shape index (κ2) is 10.7. The number of hydrogen-bond donors (Lipinski definition) is 1. The number of piperazine rings is 1. The number of hydrogen-bond acceptors (Lipinski definition) is 6. The number of carbonyl (C=O) groups excluding carboxylic acids is 3. The predicted octanol–water partition coefficient (Wildman–Crippen LogP) is 2.53. The summed E-state index contributed by atoms with van der Waals surface area (Å²) in [5, 5.41) is 2.77. The molecule has 1 N–H and O–H groups in total. The van der Waals surface area contributed by atoms with Crippen molar-refractivity contribution in [3.05, 3.63) is 47.9 Å². The Labute approximate surface area is 203 Å². The minimum Gasteiger partial charge on any atom is -0.481 e. The van der Waals surface area contributed by atoms with E-state index in [0.717, 1.165) is 12.8 Å². The van der Waals surface area contributed by atoms with Gasteiger partial charge in [-0.15, -0.1) is 0 Å². The number of halogens is 1. The van der Waals surface area contributed by atoms with Gasteiger partial charge in [-0.3, -0.25) is 14.4 Å². The number of likely N-dealkylation sites (tertiary alicyclic amines) is 1. The molecule has 0 spiro atoms. The number of piperidine rings is 1. The van der Waals surface area contributed by atoms with Gasteiger partial charge >= 0.3 is 0 Å². The summed E-state index contributed by atoms with van der Waals surface area (Å²) in [5.74, 6) is -0.661. The van der Waals surface area contributed by atoms with Crippen molar-refractivity contribution in [2.24, 2.45) is 0 Å². The van der Waals surface area contributed by atoms with E-state index in [1.54, 1.807) is 28.0 Å². The van der Waals surface area contributed by atoms with Crippen molar-refractivity contribution in [1.82, 2.24) is 14.8 Å². The van der Waals surface area contributed by atoms with E-state index in [1.165, 1.54) is 25.4 Å². The lowest BCUT2D eigenvalue weighted by molar-refractivity contribution is -0.143. The van der Waals surface area contributed by atoms with E-state index in [4.69, 9.17) is 4.74 Å². The largest absolute Gasteiger partial charge is 0.481 e. The van der Waals surface area contributed by atoms with Crippen LogP contribution in [0.5, 0.6) is 5.88 Å². The predicted molar refractivity (Wildman–Crippen MR) is 129 cm³/mol. The average molecular weight is 484 g/mol. The van der Waals surface area contributed by atoms with E-state index in [0.29, 0.717) is 49.9 Å². The summed E-state index contributed by atoms with van der Waals surface area (Å²) in [4.78, 5) is 47.5. The van der Waals surface area contributed by atoms with Gasteiger partial charge in [0.25, 0.3) is 5.91 Å². The lowest BCUT2D eigenvalue weighted by Crippen LogP contribution is -2.56. The van der Waals surface area contributed by atoms with Gasteiger partial charge < -0.3 is 24.8 Å². The summed E-state index contributed by atoms with van der Waals surface area (Å²) in [6.45, 7) is 4.07. The van der Waals surface area contributed by atoms with Gasteiger partial charge in [0.05, 0.1) is 19.2 Å². The second-order valence-electron chi connectivity index (χ2n) is 8.86. The van der Waals surface area contributed by atoms with Crippen LogP contribution in [0.15, 0.2) is 36.5 Å². The molecule has 2 fully saturated rings. The number of carbonyl (C=O) groups is 3. The molecule has 3 amide bonds. The van der Waals surface area contributed by atoms with Crippen LogP contribution in [0, 0.1) is 5.82 Å². The molecule has 0 aliphatic carbocycles. The molecule has 9 nitrogen and oxygen atoms in total. The molecule has 186 valence electrons. The lowest BCUT2D eigenvalue weighted by atomic mass is 10.1. The zero-order valence-corrected chi connectivity index (χ0v) is 20.0. The molecule has 0 saturated carbocycles. The number of anilines is 2. The lowest BCUT2D eigenvalue weighted by Gasteiger charge is -2.42. The van der Waals surface area contributed by atoms with Crippen LogP contribution in [0.25, 0.3) is 0 Å². The molecule has 35 heavy (non-hydrogen) atoms. The van der Waals surface area contributed by atoms with Crippen molar-refractivity contribution in [2.45, 2.75) is 32.2 Å². The fourth-order valence-corrected chi connectivity index (χ4v) is 4.59. The zero-order chi connectivity index (χ0) is 24.9. The van der Waals surface area contributed by atoms with Gasteiger partial charge in [-0.25, -0.2) is 9.37 Å². The normalized spacial score (nSPS) is 18.4. The number of nitrogens with zero attached hydrogens (tertiary/aromatic N) is 4. The first kappa shape index (κ1) is 24.4. The minimum absolute atomic E-state index is 0.0321. The Morgan fingerprint density at radius 1 is 1.17 bits per heavy atom. The highest BCUT2D eigenvalue weighted by Crippen LogP contribution is 2.26. The Kier molecular flexibility index (Phi) is 7.48. The maximum atomic E-state index is 14.1. The third-order valence-corrected chi connectivity index (χ3v) is 6.44. The summed E-state index contributed by atoms with van der Waals surface area (Å²) in [7, 11) is 1.48. The van der Waals surface area contributed by atoms with Gasteiger partial charge in [-0.2, -0.15) is 0 Å². The van der Waals surface area contributed by atoms with Crippen LogP contribution in [-0.4, -0.2) is 78.4 Å². The summed E-state index contributed by atoms with van der Waals surface area (Å²) in [5.41, 5.74) is 1.27. The highest BCUT2D eigenvalue weighted by molar-refractivity contribution is 6.08. The fraction of sp³-hybridized carbons (Fsp3) is 0.440. The quantitative estimate of drug-likeness (QED) is 0.679. The van der Waals surface area contributed by atoms with E-state index in [1.807, 2.05) is 11.8 Å². The molecule has 4 rings (SSSR count). The maximum Gasteiger partial charge on any atom is 0.257 e. The number of amides is 3. The highest BCUT2D eigenvalue weighted by atomic mass is 19.1. The number of pyridine rings is 1. The van der Waals surface area contributed by atoms with Crippen molar-refractivity contribution >= 4 is 29.1 Å². The molecule has 2 aliphatic rings. The van der Waals surface area contributed by atoms with E-state index in [2.05, 4.69) is 10.3 Å². The molecule has 1 unspecified atom stereocenters. The third kappa shape index (κ3) is 5.70. The number of rotatable bonds is 6. The van der Waals surface area contributed by atoms with Gasteiger partial charge in [0.15, 0.2) is 0 Å². The number of methoxy groups -OCH3 is 1. The standard InChI is InChI=1S/C25H30FN5O4/c1-17-15-29(11-12-31(17)24(33)16-30-10-4-3-5-23(30)32)21-7-6-18(26)13-20(21)25(34)28-19-8-9-27-22(14-19)35-2/h6-9,13-14,17H,3-5,10-12,15-16H2,1-2H3,(H,27,28,34). The van der Waals surface area contributed by atoms with Crippen LogP contribution in [0.2, 0.25) is 0 Å². The van der Waals surface area contributed by atoms with Crippen molar-refractivity contribution in [3.8, 4) is 5.88 Å². The van der Waals surface area contributed by atoms with Crippen LogP contribution in [0.4, 0.5) is 15.8 Å². The monoisotopic (exact) mass is 483 g/mol. The smallest absolute Gasteiger partial charge is 0.257 e. The SMILES string of the molecule is COc1cc(NC(=O)c2cc(F)ccc2N2CCN(C(=O)CN3CCCCC3=O)C(C)C2)ccn1. The number of nitrogens with one attached hydrogen (secondary N) is 1. The van der Waals surface area contributed by atoms with E-state index in [9.17, 15) is 18.8 Å². The van der Waals surface area contributed by atoms with Gasteiger partial charge in [0, 0.05) is 62.3 Å². The van der Waals surface area contributed by atoms with Crippen molar-refractivity contribution < 1.29 is 23.5 Å². The minimum atomic E-state index is -0.515. The van der Waals surface area contributed by atoms with Crippen LogP contribution >= 0.6 is 0 Å². The van der Waals surface area contributed by atoms with Crippen molar-refractivity contribution in [2.75, 3.05) is 50.1 Å². The van der Waals surface area contributed by atoms with Crippen molar-refractivity contribution in [1.29, 1.82) is 0 Å². The average Bonchev–Trinajstić information content (AvgIpc) is 2.85. The first-order valence-corrected chi connectivity index (χ1v) is 11.8. The van der Waals surface area contributed by atoms with Crippen LogP contribution in [0.1, 0.15) is 36.5 Å². The van der Waals surface area contributed by atoms with Crippen LogP contribution in [0.3, 0.4) is 0 Å². The molecule has 1 aromatic carbocycles. The third-order valence-electron chi connectivity index (χ3n) is 6.44. The fourth-order valence-electron chi connectivity index (χ4n) is 4.59. The summed E-state index contributed by atoms with van der Waals surface area (Å²) >= 11 is 0. The number of aromatic nitrogens is 1. The maximum absolute atomic E-state index is 14.1. The summed E-state index contributed by atoms with van der Waals surface area (Å²) in [6, 6.07) is 7.20. The second-order valence-corrected chi connectivity index (χ2v) is 8.86. The van der Waals surface area contributed by atoms with E-state index < -0.39 is 11.7 Å². The highest BCUT2D eigenvalue weighted by Gasteiger charge is 2.31. The molecule has 0 radical (unpaired) electrons. The van der Waals surface area contributed by atoms with Gasteiger partial charge in [0.2, 0.25) is 17.7 Å². The Morgan fingerprint density at radius 2 is 2.00 bits per heavy atom. The number of benzene rings is 1. The summed E-state index contributed by atoms with van der Waals surface area (Å²) in [6.07, 6.45) is 3.81. The zero-order valence-electron chi connectivity index (χ0n) is 20.0. The topological polar surface area (TPSA) is 95.1 Å². The summed E-state index contributed by atoms with van der Waals surface area (Å²) < 4.78 is 19.2. The van der Waals surface area contributed by atoms with Crippen molar-refractivity contribution in [3.63, 3.8) is 0 Å². The first-order chi connectivity index (χ1) is 16.9. The molecule has 2 aromatic rings. The Hall–Kier alpha value is -3.69. The van der Waals surface area contributed by atoms with Gasteiger partial charge in [0.1, 0.15) is 5.82 Å². The van der Waals surface area contributed by atoms with Gasteiger partial charge in [-0.1, -0.05) is 0 Å². The van der Waals surface area contributed by atoms with Gasteiger partial charge in [-0.05, 0) is 44.0 Å². The molecule has 2 aliphatic heterocycles. The molecule has 3 heterocycles.